The van der Waals surface area contributed by atoms with Crippen molar-refractivity contribution in [1.29, 1.82) is 0 Å². The molecule has 0 aromatic heterocycles. The molecule has 0 saturated heterocycles. The molecule has 2 aromatic carbocycles. The van der Waals surface area contributed by atoms with Crippen molar-refractivity contribution >= 4 is 11.6 Å². The van der Waals surface area contributed by atoms with Crippen molar-refractivity contribution in [3.05, 3.63) is 53.1 Å². The van der Waals surface area contributed by atoms with Crippen molar-refractivity contribution in [3.63, 3.8) is 0 Å². The van der Waals surface area contributed by atoms with Crippen molar-refractivity contribution in [2.24, 2.45) is 0 Å². The second-order valence-electron chi connectivity index (χ2n) is 4.26. The van der Waals surface area contributed by atoms with E-state index in [-0.39, 0.29) is 5.02 Å². The summed E-state index contributed by atoms with van der Waals surface area (Å²) in [4.78, 5) is 0. The van der Waals surface area contributed by atoms with Gasteiger partial charge in [0.25, 0.3) is 0 Å². The molecular weight excluding hydrogens is 334 g/mol. The molecular formula is C14H7ClF6O. The van der Waals surface area contributed by atoms with E-state index in [0.29, 0.717) is 11.1 Å². The molecule has 8 heteroatoms. The van der Waals surface area contributed by atoms with Crippen LogP contribution in [0.1, 0.15) is 5.56 Å². The number of rotatable bonds is 2. The number of alkyl halides is 6. The molecule has 118 valence electrons. The molecule has 0 saturated carbocycles. The van der Waals surface area contributed by atoms with Crippen LogP contribution in [-0.2, 0) is 6.18 Å². The fraction of sp³-hybridized carbons (Fsp3) is 0.143. The smallest absolute Gasteiger partial charge is 0.406 e. The molecule has 0 amide bonds. The molecule has 0 aliphatic rings. The topological polar surface area (TPSA) is 9.23 Å². The first-order valence-corrected chi connectivity index (χ1v) is 6.17. The van der Waals surface area contributed by atoms with E-state index in [1.165, 1.54) is 18.2 Å². The van der Waals surface area contributed by atoms with Gasteiger partial charge in [0.15, 0.2) is 0 Å². The Labute approximate surface area is 126 Å². The molecule has 0 spiro atoms. The summed E-state index contributed by atoms with van der Waals surface area (Å²) >= 11 is 5.85. The minimum atomic E-state index is -4.85. The van der Waals surface area contributed by atoms with Crippen LogP contribution in [0.5, 0.6) is 5.75 Å². The monoisotopic (exact) mass is 340 g/mol. The highest BCUT2D eigenvalue weighted by Crippen LogP contribution is 2.35. The number of hydrogen-bond acceptors (Lipinski definition) is 1. The lowest BCUT2D eigenvalue weighted by Gasteiger charge is -2.12. The van der Waals surface area contributed by atoms with Gasteiger partial charge in [-0.25, -0.2) is 0 Å². The highest BCUT2D eigenvalue weighted by molar-refractivity contribution is 6.33. The Hall–Kier alpha value is -1.89. The van der Waals surface area contributed by atoms with Gasteiger partial charge in [-0.1, -0.05) is 23.7 Å². The van der Waals surface area contributed by atoms with E-state index in [4.69, 9.17) is 11.6 Å². The Kier molecular flexibility index (Phi) is 4.28. The molecule has 2 rings (SSSR count). The zero-order chi connectivity index (χ0) is 16.5. The van der Waals surface area contributed by atoms with E-state index in [2.05, 4.69) is 4.74 Å². The second-order valence-corrected chi connectivity index (χ2v) is 4.67. The normalized spacial score (nSPS) is 12.3. The predicted octanol–water partition coefficient (Wildman–Crippen LogP) is 5.92. The molecule has 2 aromatic rings. The average Bonchev–Trinajstić information content (AvgIpc) is 2.36. The lowest BCUT2D eigenvalue weighted by Crippen LogP contribution is -2.17. The van der Waals surface area contributed by atoms with Gasteiger partial charge in [-0.15, -0.1) is 13.2 Å². The first-order chi connectivity index (χ1) is 10.1. The molecule has 0 bridgehead atoms. The minimum Gasteiger partial charge on any atom is -0.406 e. The lowest BCUT2D eigenvalue weighted by molar-refractivity contribution is -0.274. The van der Waals surface area contributed by atoms with Crippen LogP contribution in [0.15, 0.2) is 42.5 Å². The van der Waals surface area contributed by atoms with Crippen LogP contribution in [0.4, 0.5) is 26.3 Å². The van der Waals surface area contributed by atoms with Gasteiger partial charge in [0.05, 0.1) is 10.6 Å². The lowest BCUT2D eigenvalue weighted by atomic mass is 10.0. The molecule has 0 N–H and O–H groups in total. The molecule has 0 atom stereocenters. The van der Waals surface area contributed by atoms with E-state index < -0.39 is 23.9 Å². The van der Waals surface area contributed by atoms with Crippen molar-refractivity contribution in [3.8, 4) is 16.9 Å². The summed E-state index contributed by atoms with van der Waals surface area (Å²) in [6.07, 6.45) is -9.31. The minimum absolute atomic E-state index is 0.0680. The molecule has 0 aliphatic carbocycles. The summed E-state index contributed by atoms with van der Waals surface area (Å²) in [5.41, 5.74) is -0.189. The third-order valence-corrected chi connectivity index (χ3v) is 3.01. The number of benzene rings is 2. The average molecular weight is 341 g/mol. The standard InChI is InChI=1S/C14H7ClF6O/c15-12-7-10(22-14(19,20)21)5-6-11(12)8-1-3-9(4-2-8)13(16,17)18/h1-7H. The van der Waals surface area contributed by atoms with Crippen LogP contribution in [0.3, 0.4) is 0 Å². The maximum atomic E-state index is 12.5. The highest BCUT2D eigenvalue weighted by atomic mass is 35.5. The first kappa shape index (κ1) is 16.5. The molecule has 0 radical (unpaired) electrons. The Balaban J connectivity index is 2.30. The maximum absolute atomic E-state index is 12.5. The third-order valence-electron chi connectivity index (χ3n) is 2.70. The van der Waals surface area contributed by atoms with Gasteiger partial charge in [0.2, 0.25) is 0 Å². The summed E-state index contributed by atoms with van der Waals surface area (Å²) in [6.45, 7) is 0. The number of halogens is 7. The molecule has 0 aliphatic heterocycles. The van der Waals surface area contributed by atoms with Crippen LogP contribution in [0.2, 0.25) is 5.02 Å². The largest absolute Gasteiger partial charge is 0.573 e. The summed E-state index contributed by atoms with van der Waals surface area (Å²) < 4.78 is 77.3. The maximum Gasteiger partial charge on any atom is 0.573 e. The van der Waals surface area contributed by atoms with Crippen molar-refractivity contribution in [2.45, 2.75) is 12.5 Å². The van der Waals surface area contributed by atoms with Crippen molar-refractivity contribution in [1.82, 2.24) is 0 Å². The summed E-state index contributed by atoms with van der Waals surface area (Å²) in [5.74, 6) is -0.506. The number of ether oxygens (including phenoxy) is 1. The number of hydrogen-bond donors (Lipinski definition) is 0. The zero-order valence-corrected chi connectivity index (χ0v) is 11.4. The van der Waals surface area contributed by atoms with Crippen LogP contribution >= 0.6 is 11.6 Å². The fourth-order valence-corrected chi connectivity index (χ4v) is 2.05. The van der Waals surface area contributed by atoms with Crippen molar-refractivity contribution < 1.29 is 31.1 Å². The fourth-order valence-electron chi connectivity index (χ4n) is 1.77. The Morgan fingerprint density at radius 1 is 0.818 bits per heavy atom. The van der Waals surface area contributed by atoms with Gasteiger partial charge >= 0.3 is 12.5 Å². The Morgan fingerprint density at radius 3 is 1.86 bits per heavy atom. The summed E-state index contributed by atoms with van der Waals surface area (Å²) in [6, 6.07) is 7.33. The van der Waals surface area contributed by atoms with Crippen molar-refractivity contribution in [2.75, 3.05) is 0 Å². The van der Waals surface area contributed by atoms with Crippen LogP contribution in [0, 0.1) is 0 Å². The third kappa shape index (κ3) is 4.07. The Morgan fingerprint density at radius 2 is 1.41 bits per heavy atom. The van der Waals surface area contributed by atoms with Crippen LogP contribution < -0.4 is 4.74 Å². The molecule has 1 nitrogen and oxygen atoms in total. The highest BCUT2D eigenvalue weighted by Gasteiger charge is 2.31. The van der Waals surface area contributed by atoms with E-state index in [1.807, 2.05) is 0 Å². The van der Waals surface area contributed by atoms with Crippen LogP contribution in [-0.4, -0.2) is 6.36 Å². The van der Waals surface area contributed by atoms with E-state index in [1.54, 1.807) is 0 Å². The van der Waals surface area contributed by atoms with Crippen LogP contribution in [0.25, 0.3) is 11.1 Å². The van der Waals surface area contributed by atoms with Gasteiger partial charge in [0, 0.05) is 5.56 Å². The Bertz CT molecular complexity index is 661. The zero-order valence-electron chi connectivity index (χ0n) is 10.6. The molecule has 0 fully saturated rings. The first-order valence-electron chi connectivity index (χ1n) is 5.79. The predicted molar refractivity (Wildman–Crippen MR) is 68.6 cm³/mol. The SMILES string of the molecule is FC(F)(F)Oc1ccc(-c2ccc(C(F)(F)F)cc2)c(Cl)c1. The van der Waals surface area contributed by atoms with Gasteiger partial charge in [-0.05, 0) is 35.9 Å². The van der Waals surface area contributed by atoms with Gasteiger partial charge in [0.1, 0.15) is 5.75 Å². The second kappa shape index (κ2) is 5.72. The molecule has 22 heavy (non-hydrogen) atoms. The quantitative estimate of drug-likeness (QED) is 0.616. The summed E-state index contributed by atoms with van der Waals surface area (Å²) in [5, 5.41) is -0.0680. The van der Waals surface area contributed by atoms with E-state index in [9.17, 15) is 26.3 Å². The van der Waals surface area contributed by atoms with Gasteiger partial charge in [-0.3, -0.25) is 0 Å². The van der Waals surface area contributed by atoms with Gasteiger partial charge in [-0.2, -0.15) is 13.2 Å². The molecule has 0 unspecified atom stereocenters. The molecule has 0 heterocycles. The van der Waals surface area contributed by atoms with Gasteiger partial charge < -0.3 is 4.74 Å². The van der Waals surface area contributed by atoms with E-state index >= 15 is 0 Å². The summed E-state index contributed by atoms with van der Waals surface area (Å²) in [7, 11) is 0. The van der Waals surface area contributed by atoms with E-state index in [0.717, 1.165) is 24.3 Å².